The zero-order chi connectivity index (χ0) is 10.7. The fourth-order valence-corrected chi connectivity index (χ4v) is 3.43. The van der Waals surface area contributed by atoms with Gasteiger partial charge in [0.05, 0.1) is 5.54 Å². The molecule has 2 rings (SSSR count). The minimum Gasteiger partial charge on any atom is -0.377 e. The Hall–Kier alpha value is -0.670. The minimum absolute atomic E-state index is 0.103. The molecule has 0 bridgehead atoms. The van der Waals surface area contributed by atoms with E-state index < -0.39 is 0 Å². The van der Waals surface area contributed by atoms with Gasteiger partial charge in [-0.3, -0.25) is 0 Å². The number of hydrogen-bond acceptors (Lipinski definition) is 3. The lowest BCUT2D eigenvalue weighted by Crippen LogP contribution is -2.45. The molecule has 15 heavy (non-hydrogen) atoms. The summed E-state index contributed by atoms with van der Waals surface area (Å²) in [6, 6.07) is 10.3. The molecule has 2 atom stereocenters. The SMILES string of the molecule is CC1CC(CN)(Nc2ccccc2)CS1. The molecule has 2 nitrogen and oxygen atoms in total. The Morgan fingerprint density at radius 3 is 2.73 bits per heavy atom. The van der Waals surface area contributed by atoms with Gasteiger partial charge in [0.1, 0.15) is 0 Å². The van der Waals surface area contributed by atoms with Gasteiger partial charge in [-0.25, -0.2) is 0 Å². The van der Waals surface area contributed by atoms with E-state index in [2.05, 4.69) is 36.5 Å². The highest BCUT2D eigenvalue weighted by Gasteiger charge is 2.36. The minimum atomic E-state index is 0.103. The number of hydrogen-bond donors (Lipinski definition) is 2. The van der Waals surface area contributed by atoms with E-state index in [1.165, 1.54) is 5.69 Å². The number of para-hydroxylation sites is 1. The largest absolute Gasteiger partial charge is 0.377 e. The van der Waals surface area contributed by atoms with Crippen LogP contribution < -0.4 is 11.1 Å². The van der Waals surface area contributed by atoms with Crippen LogP contribution in [0.4, 0.5) is 5.69 Å². The highest BCUT2D eigenvalue weighted by atomic mass is 32.2. The molecule has 1 aromatic rings. The molecule has 0 radical (unpaired) electrons. The molecule has 0 saturated carbocycles. The summed E-state index contributed by atoms with van der Waals surface area (Å²) < 4.78 is 0. The first-order chi connectivity index (χ1) is 7.24. The predicted octanol–water partition coefficient (Wildman–Crippen LogP) is 2.32. The van der Waals surface area contributed by atoms with E-state index in [1.54, 1.807) is 0 Å². The van der Waals surface area contributed by atoms with Gasteiger partial charge >= 0.3 is 0 Å². The molecule has 0 amide bonds. The third kappa shape index (κ3) is 2.47. The Morgan fingerprint density at radius 1 is 1.47 bits per heavy atom. The number of nitrogens with one attached hydrogen (secondary N) is 1. The van der Waals surface area contributed by atoms with Gasteiger partial charge < -0.3 is 11.1 Å². The van der Waals surface area contributed by atoms with Crippen molar-refractivity contribution in [3.8, 4) is 0 Å². The fraction of sp³-hybridized carbons (Fsp3) is 0.500. The number of nitrogens with two attached hydrogens (primary N) is 1. The van der Waals surface area contributed by atoms with Crippen molar-refractivity contribution >= 4 is 17.4 Å². The van der Waals surface area contributed by atoms with Crippen LogP contribution in [0, 0.1) is 0 Å². The summed E-state index contributed by atoms with van der Waals surface area (Å²) in [5.74, 6) is 1.11. The van der Waals surface area contributed by atoms with Gasteiger partial charge in [0.2, 0.25) is 0 Å². The van der Waals surface area contributed by atoms with Gasteiger partial charge in [-0.1, -0.05) is 25.1 Å². The molecule has 1 fully saturated rings. The summed E-state index contributed by atoms with van der Waals surface area (Å²) in [6.07, 6.45) is 1.16. The fourth-order valence-electron chi connectivity index (χ4n) is 2.08. The van der Waals surface area contributed by atoms with E-state index >= 15 is 0 Å². The zero-order valence-corrected chi connectivity index (χ0v) is 9.89. The summed E-state index contributed by atoms with van der Waals surface area (Å²) in [5.41, 5.74) is 7.18. The Labute approximate surface area is 95.6 Å². The molecule has 1 heterocycles. The zero-order valence-electron chi connectivity index (χ0n) is 9.07. The number of benzene rings is 1. The van der Waals surface area contributed by atoms with Crippen LogP contribution in [0.2, 0.25) is 0 Å². The maximum Gasteiger partial charge on any atom is 0.0596 e. The normalized spacial score (nSPS) is 30.4. The highest BCUT2D eigenvalue weighted by molar-refractivity contribution is 8.00. The van der Waals surface area contributed by atoms with Crippen LogP contribution in [0.1, 0.15) is 13.3 Å². The van der Waals surface area contributed by atoms with Crippen molar-refractivity contribution in [1.29, 1.82) is 0 Å². The molecule has 0 spiro atoms. The van der Waals surface area contributed by atoms with Gasteiger partial charge in [0, 0.05) is 23.2 Å². The number of anilines is 1. The van der Waals surface area contributed by atoms with Gasteiger partial charge in [0.25, 0.3) is 0 Å². The van der Waals surface area contributed by atoms with Crippen molar-refractivity contribution in [2.45, 2.75) is 24.1 Å². The molecule has 0 aromatic heterocycles. The molecule has 1 aromatic carbocycles. The van der Waals surface area contributed by atoms with Crippen molar-refractivity contribution in [1.82, 2.24) is 0 Å². The maximum absolute atomic E-state index is 5.90. The van der Waals surface area contributed by atoms with Crippen LogP contribution >= 0.6 is 11.8 Å². The molecule has 3 N–H and O–H groups in total. The second kappa shape index (κ2) is 4.45. The van der Waals surface area contributed by atoms with Gasteiger partial charge in [-0.2, -0.15) is 11.8 Å². The second-order valence-electron chi connectivity index (χ2n) is 4.30. The first kappa shape index (κ1) is 10.8. The average Bonchev–Trinajstić information content (AvgIpc) is 2.62. The summed E-state index contributed by atoms with van der Waals surface area (Å²) in [5, 5.41) is 4.30. The van der Waals surface area contributed by atoms with E-state index in [1.807, 2.05) is 17.8 Å². The smallest absolute Gasteiger partial charge is 0.0596 e. The topological polar surface area (TPSA) is 38.0 Å². The van der Waals surface area contributed by atoms with Crippen LogP contribution in [-0.2, 0) is 0 Å². The Morgan fingerprint density at radius 2 is 2.20 bits per heavy atom. The molecular formula is C12H18N2S. The van der Waals surface area contributed by atoms with E-state index in [-0.39, 0.29) is 5.54 Å². The van der Waals surface area contributed by atoms with Crippen molar-refractivity contribution in [2.24, 2.45) is 5.73 Å². The first-order valence-electron chi connectivity index (χ1n) is 5.39. The van der Waals surface area contributed by atoms with Crippen molar-refractivity contribution < 1.29 is 0 Å². The molecule has 1 aliphatic heterocycles. The Kier molecular flexibility index (Phi) is 3.22. The van der Waals surface area contributed by atoms with Gasteiger partial charge in [-0.05, 0) is 18.6 Å². The number of thioether (sulfide) groups is 1. The van der Waals surface area contributed by atoms with E-state index in [4.69, 9.17) is 5.73 Å². The Bertz CT molecular complexity index is 315. The van der Waals surface area contributed by atoms with Crippen LogP contribution in [0.5, 0.6) is 0 Å². The van der Waals surface area contributed by atoms with Gasteiger partial charge in [0.15, 0.2) is 0 Å². The highest BCUT2D eigenvalue weighted by Crippen LogP contribution is 2.36. The van der Waals surface area contributed by atoms with E-state index in [0.29, 0.717) is 11.8 Å². The molecule has 0 aliphatic carbocycles. The standard InChI is InChI=1S/C12H18N2S/c1-10-7-12(8-13,9-15-10)14-11-5-3-2-4-6-11/h2-6,10,14H,7-9,13H2,1H3. The van der Waals surface area contributed by atoms with Crippen molar-refractivity contribution in [2.75, 3.05) is 17.6 Å². The van der Waals surface area contributed by atoms with Crippen molar-refractivity contribution in [3.05, 3.63) is 30.3 Å². The summed E-state index contributed by atoms with van der Waals surface area (Å²) in [7, 11) is 0. The number of rotatable bonds is 3. The Balaban J connectivity index is 2.09. The van der Waals surface area contributed by atoms with Crippen LogP contribution in [0.3, 0.4) is 0 Å². The van der Waals surface area contributed by atoms with Gasteiger partial charge in [-0.15, -0.1) is 0 Å². The summed E-state index contributed by atoms with van der Waals surface area (Å²) in [4.78, 5) is 0. The third-order valence-corrected chi connectivity index (χ3v) is 4.35. The van der Waals surface area contributed by atoms with Crippen LogP contribution in [0.25, 0.3) is 0 Å². The van der Waals surface area contributed by atoms with E-state index in [9.17, 15) is 0 Å². The average molecular weight is 222 g/mol. The predicted molar refractivity (Wildman–Crippen MR) is 68.4 cm³/mol. The lowest BCUT2D eigenvalue weighted by molar-refractivity contribution is 0.513. The summed E-state index contributed by atoms with van der Waals surface area (Å²) >= 11 is 2.01. The molecular weight excluding hydrogens is 204 g/mol. The maximum atomic E-state index is 5.90. The first-order valence-corrected chi connectivity index (χ1v) is 6.44. The molecule has 1 saturated heterocycles. The molecule has 82 valence electrons. The lowest BCUT2D eigenvalue weighted by Gasteiger charge is -2.29. The van der Waals surface area contributed by atoms with E-state index in [0.717, 1.165) is 12.2 Å². The van der Waals surface area contributed by atoms with Crippen LogP contribution in [-0.4, -0.2) is 23.1 Å². The third-order valence-electron chi connectivity index (χ3n) is 2.90. The molecule has 3 heteroatoms. The molecule has 2 unspecified atom stereocenters. The quantitative estimate of drug-likeness (QED) is 0.824. The van der Waals surface area contributed by atoms with Crippen LogP contribution in [0.15, 0.2) is 30.3 Å². The lowest BCUT2D eigenvalue weighted by atomic mass is 9.96. The summed E-state index contributed by atoms with van der Waals surface area (Å²) in [6.45, 7) is 2.98. The molecule has 1 aliphatic rings. The monoisotopic (exact) mass is 222 g/mol. The second-order valence-corrected chi connectivity index (χ2v) is 5.73. The van der Waals surface area contributed by atoms with Crippen molar-refractivity contribution in [3.63, 3.8) is 0 Å².